The van der Waals surface area contributed by atoms with Crippen molar-refractivity contribution in [3.05, 3.63) is 0 Å². The predicted molar refractivity (Wildman–Crippen MR) is 80.1 cm³/mol. The maximum atomic E-state index is 11.8. The van der Waals surface area contributed by atoms with Crippen LogP contribution in [0.1, 0.15) is 47.0 Å². The third kappa shape index (κ3) is 7.19. The summed E-state index contributed by atoms with van der Waals surface area (Å²) in [4.78, 5) is 14.1. The maximum absolute atomic E-state index is 11.8. The number of hydrogen-bond acceptors (Lipinski definition) is 3. The Hall–Kier alpha value is -0.320. The number of nitrogens with one attached hydrogen (secondary N) is 1. The summed E-state index contributed by atoms with van der Waals surface area (Å²) in [5.41, 5.74) is 5.22. The minimum Gasteiger partial charge on any atom is -0.353 e. The average molecular weight is 280 g/mol. The molecule has 5 heteroatoms. The van der Waals surface area contributed by atoms with Crippen LogP contribution < -0.4 is 11.1 Å². The summed E-state index contributed by atoms with van der Waals surface area (Å²) in [5.74, 6) is -0.0445. The molecule has 0 saturated carbocycles. The molecule has 0 radical (unpaired) electrons. The van der Waals surface area contributed by atoms with Gasteiger partial charge >= 0.3 is 0 Å². The van der Waals surface area contributed by atoms with E-state index in [1.807, 2.05) is 6.92 Å². The van der Waals surface area contributed by atoms with E-state index >= 15 is 0 Å². The van der Waals surface area contributed by atoms with Gasteiger partial charge in [-0.15, -0.1) is 12.4 Å². The Balaban J connectivity index is 0. The van der Waals surface area contributed by atoms with Gasteiger partial charge in [0.25, 0.3) is 0 Å². The lowest BCUT2D eigenvalue weighted by Gasteiger charge is -2.26. The molecule has 0 heterocycles. The highest BCUT2D eigenvalue weighted by Crippen LogP contribution is 2.08. The molecule has 0 fully saturated rings. The van der Waals surface area contributed by atoms with Crippen LogP contribution in [0.3, 0.4) is 0 Å². The maximum Gasteiger partial charge on any atom is 0.239 e. The van der Waals surface area contributed by atoms with Crippen molar-refractivity contribution in [3.63, 3.8) is 0 Å². The molecule has 110 valence electrons. The fourth-order valence-electron chi connectivity index (χ4n) is 1.71. The van der Waals surface area contributed by atoms with Crippen LogP contribution in [0.15, 0.2) is 0 Å². The number of likely N-dealkylation sites (N-methyl/N-ethyl adjacent to an activating group) is 1. The Morgan fingerprint density at radius 1 is 1.44 bits per heavy atom. The van der Waals surface area contributed by atoms with Crippen LogP contribution in [0.2, 0.25) is 0 Å². The standard InChI is InChI=1S/C13H29N3O.ClH/c1-6-8-13(4,14)12(17)15-9-10-16(5)11(3)7-2;/h11H,6-10,14H2,1-5H3,(H,15,17);1H. The van der Waals surface area contributed by atoms with Crippen LogP contribution in [0.25, 0.3) is 0 Å². The van der Waals surface area contributed by atoms with Crippen molar-refractivity contribution in [2.24, 2.45) is 5.73 Å². The first-order valence-corrected chi connectivity index (χ1v) is 6.62. The van der Waals surface area contributed by atoms with Gasteiger partial charge in [-0.1, -0.05) is 20.3 Å². The van der Waals surface area contributed by atoms with Crippen molar-refractivity contribution in [2.75, 3.05) is 20.1 Å². The quantitative estimate of drug-likeness (QED) is 0.712. The van der Waals surface area contributed by atoms with Crippen LogP contribution in [0, 0.1) is 0 Å². The largest absolute Gasteiger partial charge is 0.353 e. The van der Waals surface area contributed by atoms with E-state index in [1.54, 1.807) is 6.92 Å². The lowest BCUT2D eigenvalue weighted by molar-refractivity contribution is -0.126. The third-order valence-corrected chi connectivity index (χ3v) is 3.38. The van der Waals surface area contributed by atoms with E-state index in [0.717, 1.165) is 25.8 Å². The fourth-order valence-corrected chi connectivity index (χ4v) is 1.71. The molecular weight excluding hydrogens is 250 g/mol. The molecule has 0 spiro atoms. The van der Waals surface area contributed by atoms with E-state index in [-0.39, 0.29) is 18.3 Å². The molecule has 3 N–H and O–H groups in total. The predicted octanol–water partition coefficient (Wildman–Crippen LogP) is 1.77. The lowest BCUT2D eigenvalue weighted by atomic mass is 9.96. The Morgan fingerprint density at radius 3 is 2.44 bits per heavy atom. The number of carbonyl (C=O) groups excluding carboxylic acids is 1. The summed E-state index contributed by atoms with van der Waals surface area (Å²) in [6.45, 7) is 9.71. The summed E-state index contributed by atoms with van der Waals surface area (Å²) in [6.07, 6.45) is 2.77. The second-order valence-electron chi connectivity index (χ2n) is 5.16. The minimum absolute atomic E-state index is 0. The number of carbonyl (C=O) groups is 1. The monoisotopic (exact) mass is 279 g/mol. The average Bonchev–Trinajstić information content (AvgIpc) is 2.27. The van der Waals surface area contributed by atoms with Crippen molar-refractivity contribution in [1.29, 1.82) is 0 Å². The highest BCUT2D eigenvalue weighted by molar-refractivity contribution is 5.85. The van der Waals surface area contributed by atoms with Gasteiger partial charge in [0.1, 0.15) is 0 Å². The van der Waals surface area contributed by atoms with E-state index in [0.29, 0.717) is 12.6 Å². The van der Waals surface area contributed by atoms with Crippen molar-refractivity contribution in [1.82, 2.24) is 10.2 Å². The number of hydrogen-bond donors (Lipinski definition) is 2. The number of nitrogens with zero attached hydrogens (tertiary/aromatic N) is 1. The second kappa shape index (κ2) is 9.59. The molecule has 0 bridgehead atoms. The lowest BCUT2D eigenvalue weighted by Crippen LogP contribution is -2.52. The molecular formula is C13H30ClN3O. The molecule has 0 aromatic heterocycles. The van der Waals surface area contributed by atoms with Crippen LogP contribution >= 0.6 is 12.4 Å². The van der Waals surface area contributed by atoms with Gasteiger partial charge in [-0.25, -0.2) is 0 Å². The van der Waals surface area contributed by atoms with E-state index in [2.05, 4.69) is 31.1 Å². The van der Waals surface area contributed by atoms with Gasteiger partial charge < -0.3 is 16.0 Å². The molecule has 0 aromatic carbocycles. The minimum atomic E-state index is -0.732. The zero-order valence-corrected chi connectivity index (χ0v) is 13.3. The Morgan fingerprint density at radius 2 is 2.00 bits per heavy atom. The summed E-state index contributed by atoms with van der Waals surface area (Å²) < 4.78 is 0. The van der Waals surface area contributed by atoms with E-state index in [4.69, 9.17) is 5.73 Å². The first-order chi connectivity index (χ1) is 7.85. The van der Waals surface area contributed by atoms with Gasteiger partial charge in [0.15, 0.2) is 0 Å². The van der Waals surface area contributed by atoms with Crippen molar-refractivity contribution in [2.45, 2.75) is 58.5 Å². The van der Waals surface area contributed by atoms with Gasteiger partial charge in [-0.05, 0) is 33.7 Å². The molecule has 2 atom stereocenters. The number of amides is 1. The van der Waals surface area contributed by atoms with Gasteiger partial charge in [0.2, 0.25) is 5.91 Å². The fraction of sp³-hybridized carbons (Fsp3) is 0.923. The summed E-state index contributed by atoms with van der Waals surface area (Å²) in [5, 5.41) is 2.91. The zero-order chi connectivity index (χ0) is 13.5. The molecule has 0 saturated heterocycles. The Bertz CT molecular complexity index is 234. The highest BCUT2D eigenvalue weighted by atomic mass is 35.5. The summed E-state index contributed by atoms with van der Waals surface area (Å²) >= 11 is 0. The SMILES string of the molecule is CCCC(C)(N)C(=O)NCCN(C)C(C)CC.Cl. The van der Waals surface area contributed by atoms with Crippen molar-refractivity contribution in [3.8, 4) is 0 Å². The van der Waals surface area contributed by atoms with Crippen LogP contribution in [-0.2, 0) is 4.79 Å². The molecule has 4 nitrogen and oxygen atoms in total. The van der Waals surface area contributed by atoms with E-state index in [9.17, 15) is 4.79 Å². The first kappa shape index (κ1) is 20.0. The van der Waals surface area contributed by atoms with Gasteiger partial charge in [0, 0.05) is 19.1 Å². The molecule has 1 amide bonds. The van der Waals surface area contributed by atoms with E-state index < -0.39 is 5.54 Å². The number of halogens is 1. The normalized spacial score (nSPS) is 15.7. The molecule has 0 aliphatic rings. The van der Waals surface area contributed by atoms with Gasteiger partial charge in [0.05, 0.1) is 5.54 Å². The van der Waals surface area contributed by atoms with Gasteiger partial charge in [-0.2, -0.15) is 0 Å². The zero-order valence-electron chi connectivity index (χ0n) is 12.5. The first-order valence-electron chi connectivity index (χ1n) is 6.62. The van der Waals surface area contributed by atoms with Crippen LogP contribution in [0.4, 0.5) is 0 Å². The highest BCUT2D eigenvalue weighted by Gasteiger charge is 2.26. The van der Waals surface area contributed by atoms with Crippen LogP contribution in [0.5, 0.6) is 0 Å². The third-order valence-electron chi connectivity index (χ3n) is 3.38. The van der Waals surface area contributed by atoms with Crippen molar-refractivity contribution < 1.29 is 4.79 Å². The Kier molecular flexibility index (Phi) is 10.7. The topological polar surface area (TPSA) is 58.4 Å². The number of rotatable bonds is 8. The molecule has 0 aliphatic heterocycles. The van der Waals surface area contributed by atoms with Crippen molar-refractivity contribution >= 4 is 18.3 Å². The van der Waals surface area contributed by atoms with Gasteiger partial charge in [-0.3, -0.25) is 4.79 Å². The smallest absolute Gasteiger partial charge is 0.239 e. The number of nitrogens with two attached hydrogens (primary N) is 1. The summed E-state index contributed by atoms with van der Waals surface area (Å²) in [6, 6.07) is 0.548. The molecule has 0 aliphatic carbocycles. The molecule has 0 aromatic rings. The second-order valence-corrected chi connectivity index (χ2v) is 5.16. The molecule has 18 heavy (non-hydrogen) atoms. The Labute approximate surface area is 118 Å². The summed E-state index contributed by atoms with van der Waals surface area (Å²) in [7, 11) is 2.08. The molecule has 0 rings (SSSR count). The molecule has 2 unspecified atom stereocenters. The van der Waals surface area contributed by atoms with E-state index in [1.165, 1.54) is 0 Å². The van der Waals surface area contributed by atoms with Crippen LogP contribution in [-0.4, -0.2) is 42.5 Å².